The van der Waals surface area contributed by atoms with Crippen molar-refractivity contribution in [1.82, 2.24) is 9.62 Å². The minimum absolute atomic E-state index is 0.0952. The first-order valence-electron chi connectivity index (χ1n) is 7.68. The van der Waals surface area contributed by atoms with Crippen LogP contribution >= 0.6 is 23.4 Å². The number of nitrogens with one attached hydrogen (secondary N) is 1. The van der Waals surface area contributed by atoms with Crippen molar-refractivity contribution < 1.29 is 26.4 Å². The monoisotopic (exact) mass is 430 g/mol. The number of carbonyl (C=O) groups excluding carboxylic acids is 1. The summed E-state index contributed by atoms with van der Waals surface area (Å²) in [5, 5.41) is 2.41. The molecule has 1 unspecified atom stereocenters. The smallest absolute Gasteiger partial charge is 0.354 e. The van der Waals surface area contributed by atoms with Crippen LogP contribution in [0.3, 0.4) is 0 Å². The molecule has 1 atom stereocenters. The van der Waals surface area contributed by atoms with Crippen LogP contribution in [0.4, 0.5) is 13.2 Å². The molecule has 1 aromatic rings. The first-order valence-corrected chi connectivity index (χ1v) is 10.7. The number of sulfonamides is 1. The Morgan fingerprint density at radius 3 is 2.65 bits per heavy atom. The summed E-state index contributed by atoms with van der Waals surface area (Å²) >= 11 is 6.78. The second-order valence-corrected chi connectivity index (χ2v) is 9.48. The van der Waals surface area contributed by atoms with Crippen LogP contribution in [0, 0.1) is 5.92 Å². The molecule has 0 saturated carbocycles. The summed E-state index contributed by atoms with van der Waals surface area (Å²) in [7, 11) is -4.53. The van der Waals surface area contributed by atoms with Gasteiger partial charge in [-0.25, -0.2) is 8.42 Å². The third kappa shape index (κ3) is 4.65. The van der Waals surface area contributed by atoms with Crippen LogP contribution in [0.2, 0.25) is 5.02 Å². The minimum atomic E-state index is -4.89. The maximum Gasteiger partial charge on any atom is 0.417 e. The zero-order chi connectivity index (χ0) is 19.7. The topological polar surface area (TPSA) is 66.5 Å². The molecule has 26 heavy (non-hydrogen) atoms. The summed E-state index contributed by atoms with van der Waals surface area (Å²) in [6.07, 6.45) is -4.89. The Morgan fingerprint density at radius 2 is 2.08 bits per heavy atom. The second kappa shape index (κ2) is 7.95. The van der Waals surface area contributed by atoms with Crippen molar-refractivity contribution in [2.45, 2.75) is 31.0 Å². The van der Waals surface area contributed by atoms with Gasteiger partial charge in [0.1, 0.15) is 6.04 Å². The molecular weight excluding hydrogens is 413 g/mol. The Labute approximate surface area is 159 Å². The average molecular weight is 431 g/mol. The van der Waals surface area contributed by atoms with E-state index in [4.69, 9.17) is 11.6 Å². The lowest BCUT2D eigenvalue weighted by Gasteiger charge is -2.24. The summed E-state index contributed by atoms with van der Waals surface area (Å²) in [6, 6.07) is 1.43. The van der Waals surface area contributed by atoms with E-state index in [1.54, 1.807) is 0 Å². The van der Waals surface area contributed by atoms with Crippen molar-refractivity contribution in [2.75, 3.05) is 18.2 Å². The number of carbonyl (C=O) groups is 1. The van der Waals surface area contributed by atoms with Gasteiger partial charge in [-0.15, -0.1) is 11.8 Å². The van der Waals surface area contributed by atoms with E-state index in [-0.39, 0.29) is 22.6 Å². The van der Waals surface area contributed by atoms with Gasteiger partial charge in [0.2, 0.25) is 15.9 Å². The van der Waals surface area contributed by atoms with E-state index < -0.39 is 38.6 Å². The van der Waals surface area contributed by atoms with Crippen LogP contribution < -0.4 is 5.32 Å². The third-order valence-corrected chi connectivity index (χ3v) is 6.99. The fourth-order valence-electron chi connectivity index (χ4n) is 2.37. The summed E-state index contributed by atoms with van der Waals surface area (Å²) in [5.41, 5.74) is -1.34. The molecular formula is C15H18ClF3N2O3S2. The summed E-state index contributed by atoms with van der Waals surface area (Å²) in [6.45, 7) is 4.10. The Kier molecular flexibility index (Phi) is 6.53. The molecule has 1 aromatic carbocycles. The molecule has 0 radical (unpaired) electrons. The Morgan fingerprint density at radius 1 is 1.42 bits per heavy atom. The number of hydrogen-bond donors (Lipinski definition) is 1. The van der Waals surface area contributed by atoms with Crippen LogP contribution in [0.1, 0.15) is 19.4 Å². The van der Waals surface area contributed by atoms with Gasteiger partial charge in [-0.3, -0.25) is 4.79 Å². The van der Waals surface area contributed by atoms with E-state index in [9.17, 15) is 26.4 Å². The second-order valence-electron chi connectivity index (χ2n) is 6.19. The Bertz CT molecular complexity index is 785. The predicted molar refractivity (Wildman–Crippen MR) is 94.4 cm³/mol. The molecule has 2 rings (SSSR count). The number of nitrogens with zero attached hydrogens (tertiary/aromatic N) is 1. The predicted octanol–water partition coefficient (Wildman–Crippen LogP) is 3.19. The number of amides is 1. The number of hydrogen-bond acceptors (Lipinski definition) is 4. The molecule has 1 heterocycles. The molecule has 0 spiro atoms. The number of benzene rings is 1. The summed E-state index contributed by atoms with van der Waals surface area (Å²) < 4.78 is 66.4. The third-order valence-electron chi connectivity index (χ3n) is 3.66. The fraction of sp³-hybridized carbons (Fsp3) is 0.533. The van der Waals surface area contributed by atoms with Crippen LogP contribution in [0.25, 0.3) is 0 Å². The first-order chi connectivity index (χ1) is 11.9. The number of rotatable bonds is 5. The van der Waals surface area contributed by atoms with Gasteiger partial charge in [0.25, 0.3) is 0 Å². The molecule has 11 heteroatoms. The van der Waals surface area contributed by atoms with Gasteiger partial charge in [-0.2, -0.15) is 17.5 Å². The highest BCUT2D eigenvalue weighted by Crippen LogP contribution is 2.38. The molecule has 0 aromatic heterocycles. The number of alkyl halides is 3. The lowest BCUT2D eigenvalue weighted by Crippen LogP contribution is -2.48. The van der Waals surface area contributed by atoms with E-state index >= 15 is 0 Å². The van der Waals surface area contributed by atoms with Crippen molar-refractivity contribution in [3.8, 4) is 0 Å². The Balaban J connectivity index is 2.39. The van der Waals surface area contributed by atoms with E-state index in [2.05, 4.69) is 5.32 Å². The van der Waals surface area contributed by atoms with Crippen molar-refractivity contribution in [2.24, 2.45) is 5.92 Å². The van der Waals surface area contributed by atoms with Crippen LogP contribution in [-0.4, -0.2) is 42.8 Å². The van der Waals surface area contributed by atoms with Gasteiger partial charge in [0, 0.05) is 17.3 Å². The summed E-state index contributed by atoms with van der Waals surface area (Å²) in [5.74, 6) is -0.277. The maximum absolute atomic E-state index is 13.3. The fourth-order valence-corrected chi connectivity index (χ4v) is 5.88. The molecule has 1 aliphatic rings. The lowest BCUT2D eigenvalue weighted by molar-refractivity contribution is -0.139. The summed E-state index contributed by atoms with van der Waals surface area (Å²) in [4.78, 5) is 11.4. The SMILES string of the molecule is CC(C)CNC(=O)C1CSCN1S(=O)(=O)c1ccc(Cl)cc1C(F)(F)F. The molecule has 5 nitrogen and oxygen atoms in total. The van der Waals surface area contributed by atoms with Crippen molar-refractivity contribution in [3.05, 3.63) is 28.8 Å². The minimum Gasteiger partial charge on any atom is -0.354 e. The van der Waals surface area contributed by atoms with Gasteiger partial charge in [-0.1, -0.05) is 25.4 Å². The van der Waals surface area contributed by atoms with Gasteiger partial charge in [0.15, 0.2) is 0 Å². The highest BCUT2D eigenvalue weighted by Gasteiger charge is 2.44. The first kappa shape index (κ1) is 21.3. The van der Waals surface area contributed by atoms with Crippen molar-refractivity contribution in [1.29, 1.82) is 0 Å². The van der Waals surface area contributed by atoms with E-state index in [1.165, 1.54) is 11.8 Å². The number of halogens is 4. The maximum atomic E-state index is 13.3. The molecule has 1 fully saturated rings. The largest absolute Gasteiger partial charge is 0.417 e. The van der Waals surface area contributed by atoms with Gasteiger partial charge < -0.3 is 5.32 Å². The van der Waals surface area contributed by atoms with Crippen molar-refractivity contribution >= 4 is 39.3 Å². The highest BCUT2D eigenvalue weighted by molar-refractivity contribution is 8.00. The zero-order valence-electron chi connectivity index (χ0n) is 14.0. The molecule has 1 N–H and O–H groups in total. The standard InChI is InChI=1S/C15H18ClF3N2O3S2/c1-9(2)6-20-14(22)12-7-25-8-21(12)26(23,24)13-4-3-10(16)5-11(13)15(17,18)19/h3-5,9,12H,6-8H2,1-2H3,(H,20,22). The quantitative estimate of drug-likeness (QED) is 0.779. The molecule has 146 valence electrons. The van der Waals surface area contributed by atoms with Gasteiger partial charge >= 0.3 is 6.18 Å². The van der Waals surface area contributed by atoms with Crippen LogP contribution in [0.5, 0.6) is 0 Å². The normalized spacial score (nSPS) is 19.1. The zero-order valence-corrected chi connectivity index (χ0v) is 16.4. The highest BCUT2D eigenvalue weighted by atomic mass is 35.5. The average Bonchev–Trinajstić information content (AvgIpc) is 3.02. The van der Waals surface area contributed by atoms with Crippen molar-refractivity contribution in [3.63, 3.8) is 0 Å². The molecule has 1 amide bonds. The number of thioether (sulfide) groups is 1. The molecule has 1 saturated heterocycles. The Hall–Kier alpha value is -0.970. The van der Waals surface area contributed by atoms with E-state index in [0.29, 0.717) is 12.6 Å². The molecule has 0 aliphatic carbocycles. The van der Waals surface area contributed by atoms with Gasteiger partial charge in [0.05, 0.1) is 16.3 Å². The van der Waals surface area contributed by atoms with Crippen LogP contribution in [-0.2, 0) is 21.0 Å². The van der Waals surface area contributed by atoms with E-state index in [0.717, 1.165) is 16.4 Å². The van der Waals surface area contributed by atoms with E-state index in [1.807, 2.05) is 13.8 Å². The molecule has 1 aliphatic heterocycles. The lowest BCUT2D eigenvalue weighted by atomic mass is 10.2. The van der Waals surface area contributed by atoms with Crippen LogP contribution in [0.15, 0.2) is 23.1 Å². The molecule has 0 bridgehead atoms. The van der Waals surface area contributed by atoms with Gasteiger partial charge in [-0.05, 0) is 24.1 Å².